The molecular weight excluding hydrogens is 318 g/mol. The third-order valence-electron chi connectivity index (χ3n) is 4.85. The Kier molecular flexibility index (Phi) is 8.21. The zero-order chi connectivity index (χ0) is 18.1. The van der Waals surface area contributed by atoms with E-state index >= 15 is 0 Å². The quantitative estimate of drug-likeness (QED) is 0.520. The van der Waals surface area contributed by atoms with Crippen molar-refractivity contribution in [2.75, 3.05) is 40.4 Å². The zero-order valence-electron chi connectivity index (χ0n) is 16.1. The van der Waals surface area contributed by atoms with Gasteiger partial charge in [0, 0.05) is 51.8 Å². The molecule has 0 radical (unpaired) electrons. The largest absolute Gasteiger partial charge is 0.383 e. The summed E-state index contributed by atoms with van der Waals surface area (Å²) in [5, 5.41) is 11.0. The van der Waals surface area contributed by atoms with Gasteiger partial charge >= 0.3 is 0 Å². The van der Waals surface area contributed by atoms with Gasteiger partial charge in [-0.3, -0.25) is 9.89 Å². The average molecular weight is 351 g/mol. The van der Waals surface area contributed by atoms with E-state index in [-0.39, 0.29) is 0 Å². The number of aliphatic imine (C=N–C) groups is 1. The van der Waals surface area contributed by atoms with Gasteiger partial charge < -0.3 is 19.9 Å². The van der Waals surface area contributed by atoms with Crippen molar-refractivity contribution in [3.8, 4) is 0 Å². The highest BCUT2D eigenvalue weighted by Crippen LogP contribution is 2.16. The molecule has 2 heterocycles. The number of ether oxygens (including phenoxy) is 1. The van der Waals surface area contributed by atoms with Gasteiger partial charge in [-0.15, -0.1) is 0 Å². The van der Waals surface area contributed by atoms with Crippen LogP contribution in [-0.2, 0) is 24.1 Å². The van der Waals surface area contributed by atoms with Crippen LogP contribution in [0.3, 0.4) is 0 Å². The Morgan fingerprint density at radius 1 is 1.36 bits per heavy atom. The summed E-state index contributed by atoms with van der Waals surface area (Å²) >= 11 is 0. The number of aryl methyl sites for hydroxylation is 2. The number of aromatic nitrogens is 1. The van der Waals surface area contributed by atoms with Crippen molar-refractivity contribution in [3.05, 3.63) is 17.0 Å². The minimum Gasteiger partial charge on any atom is -0.383 e. The summed E-state index contributed by atoms with van der Waals surface area (Å²) in [5.74, 6) is 1.78. The van der Waals surface area contributed by atoms with Gasteiger partial charge in [-0.2, -0.15) is 0 Å². The van der Waals surface area contributed by atoms with Gasteiger partial charge in [0.1, 0.15) is 5.76 Å². The van der Waals surface area contributed by atoms with Gasteiger partial charge in [0.2, 0.25) is 0 Å². The maximum atomic E-state index is 5.43. The van der Waals surface area contributed by atoms with E-state index in [4.69, 9.17) is 9.26 Å². The number of likely N-dealkylation sites (tertiary alicyclic amines) is 1. The second-order valence-electron chi connectivity index (χ2n) is 6.37. The van der Waals surface area contributed by atoms with Crippen molar-refractivity contribution >= 4 is 5.96 Å². The first kappa shape index (κ1) is 19.7. The summed E-state index contributed by atoms with van der Waals surface area (Å²) in [7, 11) is 3.57. The number of methoxy groups -OCH3 is 1. The van der Waals surface area contributed by atoms with Crippen LogP contribution >= 0.6 is 0 Å². The van der Waals surface area contributed by atoms with E-state index in [1.54, 1.807) is 7.11 Å². The molecule has 1 fully saturated rings. The smallest absolute Gasteiger partial charge is 0.191 e. The Balaban J connectivity index is 1.84. The molecule has 7 nitrogen and oxygen atoms in total. The molecule has 142 valence electrons. The maximum absolute atomic E-state index is 5.43. The Hall–Kier alpha value is -1.60. The first-order valence-corrected chi connectivity index (χ1v) is 9.37. The molecular formula is C18H33N5O2. The van der Waals surface area contributed by atoms with E-state index in [9.17, 15) is 0 Å². The van der Waals surface area contributed by atoms with Crippen molar-refractivity contribution in [3.63, 3.8) is 0 Å². The Bertz CT molecular complexity index is 522. The van der Waals surface area contributed by atoms with Gasteiger partial charge in [0.25, 0.3) is 0 Å². The van der Waals surface area contributed by atoms with E-state index in [1.165, 1.54) is 12.8 Å². The minimum absolute atomic E-state index is 0.543. The van der Waals surface area contributed by atoms with Crippen LogP contribution in [0.1, 0.15) is 43.7 Å². The first-order valence-electron chi connectivity index (χ1n) is 9.37. The highest BCUT2D eigenvalue weighted by molar-refractivity contribution is 5.79. The molecule has 0 amide bonds. The van der Waals surface area contributed by atoms with Crippen LogP contribution in [0.4, 0.5) is 0 Å². The predicted molar refractivity (Wildman–Crippen MR) is 99.9 cm³/mol. The summed E-state index contributed by atoms with van der Waals surface area (Å²) < 4.78 is 10.6. The Labute approximate surface area is 151 Å². The van der Waals surface area contributed by atoms with Gasteiger partial charge in [0.05, 0.1) is 12.3 Å². The van der Waals surface area contributed by atoms with Gasteiger partial charge in [-0.1, -0.05) is 19.0 Å². The van der Waals surface area contributed by atoms with Crippen LogP contribution in [0.15, 0.2) is 9.52 Å². The molecule has 1 saturated heterocycles. The standard InChI is InChI=1S/C18H33N5O2/c1-5-16-15(17(6-2)25-22-16)13-21-18(19-3)20-12-14-8-7-9-23(14)10-11-24-4/h14H,5-13H2,1-4H3,(H2,19,20,21). The van der Waals surface area contributed by atoms with E-state index in [1.807, 2.05) is 7.05 Å². The van der Waals surface area contributed by atoms with Crippen LogP contribution in [0.5, 0.6) is 0 Å². The lowest BCUT2D eigenvalue weighted by Gasteiger charge is -2.25. The molecule has 0 aliphatic carbocycles. The lowest BCUT2D eigenvalue weighted by atomic mass is 10.1. The second kappa shape index (κ2) is 10.4. The molecule has 0 bridgehead atoms. The predicted octanol–water partition coefficient (Wildman–Crippen LogP) is 1.58. The number of rotatable bonds is 9. The van der Waals surface area contributed by atoms with E-state index in [0.29, 0.717) is 12.6 Å². The number of nitrogens with one attached hydrogen (secondary N) is 2. The van der Waals surface area contributed by atoms with Crippen LogP contribution in [-0.4, -0.2) is 62.5 Å². The van der Waals surface area contributed by atoms with Crippen molar-refractivity contribution in [2.24, 2.45) is 4.99 Å². The van der Waals surface area contributed by atoms with E-state index in [0.717, 1.165) is 62.1 Å². The average Bonchev–Trinajstić information content (AvgIpc) is 3.25. The topological polar surface area (TPSA) is 74.9 Å². The van der Waals surface area contributed by atoms with Crippen LogP contribution in [0.2, 0.25) is 0 Å². The molecule has 0 aromatic carbocycles. The molecule has 1 aliphatic rings. The molecule has 1 aromatic heterocycles. The van der Waals surface area contributed by atoms with Gasteiger partial charge in [0.15, 0.2) is 5.96 Å². The highest BCUT2D eigenvalue weighted by Gasteiger charge is 2.24. The molecule has 2 N–H and O–H groups in total. The Morgan fingerprint density at radius 3 is 2.88 bits per heavy atom. The number of hydrogen-bond donors (Lipinski definition) is 2. The maximum Gasteiger partial charge on any atom is 0.191 e. The molecule has 0 saturated carbocycles. The van der Waals surface area contributed by atoms with Crippen molar-refractivity contribution in [1.82, 2.24) is 20.7 Å². The third-order valence-corrected chi connectivity index (χ3v) is 4.85. The summed E-state index contributed by atoms with van der Waals surface area (Å²) in [5.41, 5.74) is 2.19. The van der Waals surface area contributed by atoms with E-state index < -0.39 is 0 Å². The molecule has 1 unspecified atom stereocenters. The lowest BCUT2D eigenvalue weighted by Crippen LogP contribution is -2.45. The summed E-state index contributed by atoms with van der Waals surface area (Å²) in [6.45, 7) is 8.71. The van der Waals surface area contributed by atoms with Crippen LogP contribution < -0.4 is 10.6 Å². The second-order valence-corrected chi connectivity index (χ2v) is 6.37. The molecule has 1 aliphatic heterocycles. The zero-order valence-corrected chi connectivity index (χ0v) is 16.1. The molecule has 2 rings (SSSR count). The molecule has 0 spiro atoms. The molecule has 7 heteroatoms. The molecule has 25 heavy (non-hydrogen) atoms. The lowest BCUT2D eigenvalue weighted by molar-refractivity contribution is 0.141. The van der Waals surface area contributed by atoms with Crippen molar-refractivity contribution in [2.45, 2.75) is 52.1 Å². The fraction of sp³-hybridized carbons (Fsp3) is 0.778. The number of hydrogen-bond acceptors (Lipinski definition) is 5. The SMILES string of the molecule is CCc1noc(CC)c1CNC(=NC)NCC1CCCN1CCOC. The fourth-order valence-corrected chi connectivity index (χ4v) is 3.37. The highest BCUT2D eigenvalue weighted by atomic mass is 16.5. The number of guanidine groups is 1. The summed E-state index contributed by atoms with van der Waals surface area (Å²) in [4.78, 5) is 6.84. The first-order chi connectivity index (χ1) is 12.2. The number of nitrogens with zero attached hydrogens (tertiary/aromatic N) is 3. The summed E-state index contributed by atoms with van der Waals surface area (Å²) in [6.07, 6.45) is 4.21. The van der Waals surface area contributed by atoms with Gasteiger partial charge in [-0.05, 0) is 25.8 Å². The van der Waals surface area contributed by atoms with E-state index in [2.05, 4.69) is 39.5 Å². The fourth-order valence-electron chi connectivity index (χ4n) is 3.37. The van der Waals surface area contributed by atoms with Crippen molar-refractivity contribution < 1.29 is 9.26 Å². The third kappa shape index (κ3) is 5.44. The van der Waals surface area contributed by atoms with Crippen LogP contribution in [0, 0.1) is 0 Å². The molecule has 1 atom stereocenters. The van der Waals surface area contributed by atoms with Gasteiger partial charge in [-0.25, -0.2) is 0 Å². The normalized spacial score (nSPS) is 18.7. The molecule has 1 aromatic rings. The summed E-state index contributed by atoms with van der Waals surface area (Å²) in [6, 6.07) is 0.543. The van der Waals surface area contributed by atoms with Crippen LogP contribution in [0.25, 0.3) is 0 Å². The van der Waals surface area contributed by atoms with Crippen molar-refractivity contribution in [1.29, 1.82) is 0 Å². The monoisotopic (exact) mass is 351 g/mol. The Morgan fingerprint density at radius 2 is 2.20 bits per heavy atom. The minimum atomic E-state index is 0.543.